The van der Waals surface area contributed by atoms with Gasteiger partial charge < -0.3 is 14.5 Å². The minimum atomic E-state index is -0.711. The van der Waals surface area contributed by atoms with Crippen molar-refractivity contribution in [2.45, 2.75) is 12.1 Å². The average molecular weight is 444 g/mol. The summed E-state index contributed by atoms with van der Waals surface area (Å²) < 4.78 is 5.94. The SMILES string of the molecule is CN1C(=O)N(C)C(c2ccccc2OC(=O)C(c2ccccc2)c2ccccc2)N(C)C1=O. The molecule has 0 radical (unpaired) electrons. The number of para-hydroxylation sites is 1. The van der Waals surface area contributed by atoms with Crippen molar-refractivity contribution in [3.05, 3.63) is 102 Å². The number of ether oxygens (including phenoxy) is 1. The van der Waals surface area contributed by atoms with Crippen LogP contribution in [0.25, 0.3) is 0 Å². The molecule has 0 saturated carbocycles. The molecular formula is C26H25N3O4. The molecule has 1 saturated heterocycles. The number of hydrogen-bond donors (Lipinski definition) is 0. The third kappa shape index (κ3) is 4.17. The number of amides is 4. The Morgan fingerprint density at radius 2 is 1.18 bits per heavy atom. The Balaban J connectivity index is 1.71. The van der Waals surface area contributed by atoms with Gasteiger partial charge in [0.15, 0.2) is 0 Å². The summed E-state index contributed by atoms with van der Waals surface area (Å²) in [6.07, 6.45) is -0.711. The number of nitrogens with zero attached hydrogens (tertiary/aromatic N) is 3. The van der Waals surface area contributed by atoms with Crippen molar-refractivity contribution < 1.29 is 19.1 Å². The Bertz CT molecular complexity index is 1100. The van der Waals surface area contributed by atoms with Gasteiger partial charge in [-0.1, -0.05) is 78.9 Å². The van der Waals surface area contributed by atoms with Gasteiger partial charge in [0, 0.05) is 26.7 Å². The van der Waals surface area contributed by atoms with Gasteiger partial charge in [0.1, 0.15) is 17.8 Å². The van der Waals surface area contributed by atoms with Crippen molar-refractivity contribution in [1.29, 1.82) is 0 Å². The molecule has 3 aromatic carbocycles. The standard InChI is InChI=1S/C26H25N3O4/c1-27-23(28(2)26(32)29(3)25(27)31)20-16-10-11-17-21(20)33-24(30)22(18-12-6-4-7-13-18)19-14-8-5-9-15-19/h4-17,22-23H,1-3H3. The lowest BCUT2D eigenvalue weighted by Crippen LogP contribution is -2.58. The van der Waals surface area contributed by atoms with E-state index in [2.05, 4.69) is 0 Å². The van der Waals surface area contributed by atoms with Gasteiger partial charge in [-0.05, 0) is 17.2 Å². The first-order chi connectivity index (χ1) is 15.9. The van der Waals surface area contributed by atoms with E-state index in [0.29, 0.717) is 11.3 Å². The summed E-state index contributed by atoms with van der Waals surface area (Å²) in [5.41, 5.74) is 2.17. The highest BCUT2D eigenvalue weighted by Crippen LogP contribution is 2.36. The van der Waals surface area contributed by atoms with Crippen LogP contribution in [0.2, 0.25) is 0 Å². The molecule has 4 rings (SSSR count). The summed E-state index contributed by atoms with van der Waals surface area (Å²) in [5, 5.41) is 0. The second kappa shape index (κ2) is 9.16. The number of carbonyl (C=O) groups excluding carboxylic acids is 3. The molecule has 0 spiro atoms. The molecule has 7 nitrogen and oxygen atoms in total. The van der Waals surface area contributed by atoms with E-state index in [-0.39, 0.29) is 0 Å². The Morgan fingerprint density at radius 3 is 1.70 bits per heavy atom. The molecule has 0 N–H and O–H groups in total. The summed E-state index contributed by atoms with van der Waals surface area (Å²) in [5.74, 6) is -0.777. The summed E-state index contributed by atoms with van der Waals surface area (Å²) >= 11 is 0. The van der Waals surface area contributed by atoms with E-state index in [0.717, 1.165) is 16.0 Å². The van der Waals surface area contributed by atoms with Crippen LogP contribution in [0.1, 0.15) is 28.8 Å². The van der Waals surface area contributed by atoms with E-state index in [1.54, 1.807) is 38.4 Å². The van der Waals surface area contributed by atoms with Crippen molar-refractivity contribution in [1.82, 2.24) is 14.7 Å². The van der Waals surface area contributed by atoms with E-state index < -0.39 is 30.1 Å². The van der Waals surface area contributed by atoms with E-state index in [4.69, 9.17) is 4.74 Å². The fourth-order valence-corrected chi connectivity index (χ4v) is 4.15. The molecule has 0 bridgehead atoms. The molecule has 3 aromatic rings. The van der Waals surface area contributed by atoms with Gasteiger partial charge in [-0.2, -0.15) is 0 Å². The van der Waals surface area contributed by atoms with E-state index in [1.807, 2.05) is 60.7 Å². The van der Waals surface area contributed by atoms with E-state index >= 15 is 0 Å². The highest BCUT2D eigenvalue weighted by molar-refractivity contribution is 5.95. The molecule has 0 aromatic heterocycles. The molecule has 33 heavy (non-hydrogen) atoms. The summed E-state index contributed by atoms with van der Waals surface area (Å²) in [7, 11) is 4.66. The molecule has 1 fully saturated rings. The van der Waals surface area contributed by atoms with Crippen LogP contribution in [0.15, 0.2) is 84.9 Å². The highest BCUT2D eigenvalue weighted by Gasteiger charge is 2.40. The van der Waals surface area contributed by atoms with Gasteiger partial charge >= 0.3 is 18.0 Å². The quantitative estimate of drug-likeness (QED) is 0.431. The van der Waals surface area contributed by atoms with Crippen LogP contribution in [0.5, 0.6) is 5.75 Å². The van der Waals surface area contributed by atoms with Gasteiger partial charge in [-0.25, -0.2) is 14.5 Å². The van der Waals surface area contributed by atoms with E-state index in [9.17, 15) is 14.4 Å². The smallest absolute Gasteiger partial charge is 0.329 e. The van der Waals surface area contributed by atoms with Crippen molar-refractivity contribution >= 4 is 18.0 Å². The lowest BCUT2D eigenvalue weighted by atomic mass is 9.91. The summed E-state index contributed by atoms with van der Waals surface area (Å²) in [6.45, 7) is 0. The Hall–Kier alpha value is -4.13. The summed E-state index contributed by atoms with van der Waals surface area (Å²) in [4.78, 5) is 42.6. The highest BCUT2D eigenvalue weighted by atomic mass is 16.5. The minimum Gasteiger partial charge on any atom is -0.425 e. The number of imide groups is 1. The number of esters is 1. The monoisotopic (exact) mass is 443 g/mol. The van der Waals surface area contributed by atoms with Crippen LogP contribution >= 0.6 is 0 Å². The van der Waals surface area contributed by atoms with Gasteiger partial charge in [-0.15, -0.1) is 0 Å². The van der Waals surface area contributed by atoms with Gasteiger partial charge in [0.2, 0.25) is 0 Å². The van der Waals surface area contributed by atoms with Crippen LogP contribution in [0, 0.1) is 0 Å². The number of rotatable bonds is 5. The zero-order chi connectivity index (χ0) is 23.5. The number of hydrogen-bond acceptors (Lipinski definition) is 4. The molecule has 1 aliphatic heterocycles. The van der Waals surface area contributed by atoms with Crippen molar-refractivity contribution in [3.8, 4) is 5.75 Å². The van der Waals surface area contributed by atoms with Crippen molar-refractivity contribution in [3.63, 3.8) is 0 Å². The third-order valence-corrected chi connectivity index (χ3v) is 5.82. The summed E-state index contributed by atoms with van der Waals surface area (Å²) in [6, 6.07) is 25.0. The first kappa shape index (κ1) is 22.1. The molecule has 1 heterocycles. The van der Waals surface area contributed by atoms with E-state index in [1.165, 1.54) is 16.8 Å². The molecule has 1 aliphatic rings. The maximum Gasteiger partial charge on any atom is 0.329 e. The predicted molar refractivity (Wildman–Crippen MR) is 124 cm³/mol. The molecule has 0 aliphatic carbocycles. The second-order valence-electron chi connectivity index (χ2n) is 7.93. The maximum atomic E-state index is 13.5. The topological polar surface area (TPSA) is 70.2 Å². The number of benzene rings is 3. The molecule has 0 unspecified atom stereocenters. The van der Waals surface area contributed by atoms with Crippen LogP contribution < -0.4 is 4.74 Å². The fourth-order valence-electron chi connectivity index (χ4n) is 4.15. The Labute approximate surface area is 192 Å². The average Bonchev–Trinajstić information content (AvgIpc) is 2.84. The first-order valence-corrected chi connectivity index (χ1v) is 10.6. The molecular weight excluding hydrogens is 418 g/mol. The van der Waals surface area contributed by atoms with Crippen molar-refractivity contribution in [2.24, 2.45) is 0 Å². The number of urea groups is 2. The van der Waals surface area contributed by atoms with Gasteiger partial charge in [-0.3, -0.25) is 4.79 Å². The second-order valence-corrected chi connectivity index (χ2v) is 7.93. The largest absolute Gasteiger partial charge is 0.425 e. The van der Waals surface area contributed by atoms with Crippen LogP contribution in [0.4, 0.5) is 9.59 Å². The zero-order valence-corrected chi connectivity index (χ0v) is 18.7. The molecule has 7 heteroatoms. The lowest BCUT2D eigenvalue weighted by molar-refractivity contribution is -0.135. The molecule has 0 atom stereocenters. The third-order valence-electron chi connectivity index (χ3n) is 5.82. The Morgan fingerprint density at radius 1 is 0.727 bits per heavy atom. The van der Waals surface area contributed by atoms with Gasteiger partial charge in [0.25, 0.3) is 0 Å². The minimum absolute atomic E-state index is 0.299. The van der Waals surface area contributed by atoms with Crippen molar-refractivity contribution in [2.75, 3.05) is 21.1 Å². The molecule has 4 amide bonds. The number of carbonyl (C=O) groups is 3. The lowest BCUT2D eigenvalue weighted by Gasteiger charge is -2.43. The predicted octanol–water partition coefficient (Wildman–Crippen LogP) is 4.47. The normalized spacial score (nSPS) is 14.7. The first-order valence-electron chi connectivity index (χ1n) is 10.6. The van der Waals surface area contributed by atoms with Gasteiger partial charge in [0.05, 0.1) is 0 Å². The van der Waals surface area contributed by atoms with Crippen LogP contribution in [0.3, 0.4) is 0 Å². The maximum absolute atomic E-state index is 13.5. The van der Waals surface area contributed by atoms with Crippen LogP contribution in [-0.2, 0) is 4.79 Å². The Kier molecular flexibility index (Phi) is 6.13. The zero-order valence-electron chi connectivity index (χ0n) is 18.7. The molecule has 168 valence electrons. The van der Waals surface area contributed by atoms with Crippen LogP contribution in [-0.4, -0.2) is 53.9 Å². The fraction of sp³-hybridized carbons (Fsp3) is 0.192.